The van der Waals surface area contributed by atoms with Crippen molar-refractivity contribution in [1.82, 2.24) is 20.0 Å². The number of imide groups is 1. The molecular formula is C20H22N4O6. The fourth-order valence-corrected chi connectivity index (χ4v) is 3.39. The molecule has 0 bridgehead atoms. The Labute approximate surface area is 172 Å². The van der Waals surface area contributed by atoms with Crippen LogP contribution in [0.1, 0.15) is 18.5 Å². The van der Waals surface area contributed by atoms with E-state index in [1.165, 1.54) is 4.90 Å². The number of piperazine rings is 1. The number of aromatic nitrogens is 1. The summed E-state index contributed by atoms with van der Waals surface area (Å²) >= 11 is 0. The van der Waals surface area contributed by atoms with Gasteiger partial charge >= 0.3 is 6.09 Å². The van der Waals surface area contributed by atoms with Crippen molar-refractivity contribution < 1.29 is 28.5 Å². The highest BCUT2D eigenvalue weighted by atomic mass is 16.7. The van der Waals surface area contributed by atoms with Crippen molar-refractivity contribution in [2.24, 2.45) is 0 Å². The monoisotopic (exact) mass is 414 g/mol. The first-order valence-electron chi connectivity index (χ1n) is 9.68. The summed E-state index contributed by atoms with van der Waals surface area (Å²) < 4.78 is 10.6. The molecule has 0 N–H and O–H groups in total. The first kappa shape index (κ1) is 19.9. The largest absolute Gasteiger partial charge is 0.497 e. The van der Waals surface area contributed by atoms with Crippen LogP contribution >= 0.6 is 0 Å². The average molecular weight is 414 g/mol. The van der Waals surface area contributed by atoms with E-state index in [1.54, 1.807) is 7.11 Å². The van der Waals surface area contributed by atoms with Gasteiger partial charge in [0, 0.05) is 57.2 Å². The van der Waals surface area contributed by atoms with Crippen molar-refractivity contribution in [3.05, 3.63) is 36.0 Å². The van der Waals surface area contributed by atoms with Gasteiger partial charge in [0.25, 0.3) is 11.8 Å². The van der Waals surface area contributed by atoms with Crippen LogP contribution in [-0.2, 0) is 21.0 Å². The number of amides is 3. The summed E-state index contributed by atoms with van der Waals surface area (Å²) in [6.07, 6.45) is -0.520. The molecule has 3 heterocycles. The number of nitrogens with zero attached hydrogens (tertiary/aromatic N) is 4. The molecule has 0 saturated carbocycles. The Hall–Kier alpha value is -3.40. The summed E-state index contributed by atoms with van der Waals surface area (Å²) in [4.78, 5) is 44.0. The number of carbonyl (C=O) groups excluding carboxylic acids is 3. The van der Waals surface area contributed by atoms with E-state index in [1.807, 2.05) is 30.3 Å². The normalized spacial score (nSPS) is 17.5. The lowest BCUT2D eigenvalue weighted by atomic mass is 10.1. The van der Waals surface area contributed by atoms with Gasteiger partial charge < -0.3 is 19.0 Å². The summed E-state index contributed by atoms with van der Waals surface area (Å²) in [6.45, 7) is 2.67. The highest BCUT2D eigenvalue weighted by Gasteiger charge is 2.34. The van der Waals surface area contributed by atoms with Gasteiger partial charge in [0.2, 0.25) is 0 Å². The zero-order valence-electron chi connectivity index (χ0n) is 16.6. The molecule has 30 heavy (non-hydrogen) atoms. The lowest BCUT2D eigenvalue weighted by molar-refractivity contribution is -0.174. The van der Waals surface area contributed by atoms with Crippen LogP contribution in [0.5, 0.6) is 5.75 Å². The number of rotatable bonds is 5. The smallest absolute Gasteiger partial charge is 0.434 e. The number of benzene rings is 1. The van der Waals surface area contributed by atoms with E-state index in [2.05, 4.69) is 10.1 Å². The van der Waals surface area contributed by atoms with Gasteiger partial charge in [-0.15, -0.1) is 5.06 Å². The molecule has 1 aromatic heterocycles. The summed E-state index contributed by atoms with van der Waals surface area (Å²) in [6, 6.07) is 9.43. The van der Waals surface area contributed by atoms with Gasteiger partial charge in [-0.05, 0) is 24.3 Å². The minimum absolute atomic E-state index is 0.0795. The molecule has 2 fully saturated rings. The SMILES string of the molecule is COc1ccc(-c2cc(CN3CCN(C(=O)ON4C(=O)CCC4=O)CC3)no2)cc1. The summed E-state index contributed by atoms with van der Waals surface area (Å²) in [5.74, 6) is 0.486. The Morgan fingerprint density at radius 2 is 1.73 bits per heavy atom. The van der Waals surface area contributed by atoms with E-state index in [0.717, 1.165) is 17.0 Å². The first-order chi connectivity index (χ1) is 14.5. The van der Waals surface area contributed by atoms with Crippen LogP contribution in [0.15, 0.2) is 34.9 Å². The molecule has 4 rings (SSSR count). The number of hydrogen-bond acceptors (Lipinski definition) is 8. The van der Waals surface area contributed by atoms with Crippen molar-refractivity contribution in [1.29, 1.82) is 0 Å². The van der Waals surface area contributed by atoms with E-state index < -0.39 is 17.9 Å². The molecule has 0 spiro atoms. The Bertz CT molecular complexity index is 917. The van der Waals surface area contributed by atoms with Crippen LogP contribution in [0.4, 0.5) is 4.79 Å². The van der Waals surface area contributed by atoms with Gasteiger partial charge in [0.1, 0.15) is 5.75 Å². The van der Waals surface area contributed by atoms with Gasteiger partial charge in [-0.25, -0.2) is 4.79 Å². The molecule has 3 amide bonds. The molecule has 158 valence electrons. The zero-order chi connectivity index (χ0) is 21.1. The lowest BCUT2D eigenvalue weighted by Gasteiger charge is -2.33. The molecule has 2 aliphatic heterocycles. The molecule has 10 nitrogen and oxygen atoms in total. The lowest BCUT2D eigenvalue weighted by Crippen LogP contribution is -2.50. The third kappa shape index (κ3) is 4.28. The number of ether oxygens (including phenoxy) is 1. The highest BCUT2D eigenvalue weighted by Crippen LogP contribution is 2.24. The number of hydroxylamine groups is 2. The van der Waals surface area contributed by atoms with E-state index in [-0.39, 0.29) is 12.8 Å². The maximum atomic E-state index is 12.2. The Kier molecular flexibility index (Phi) is 5.66. The van der Waals surface area contributed by atoms with Crippen LogP contribution in [0.25, 0.3) is 11.3 Å². The minimum Gasteiger partial charge on any atom is -0.497 e. The van der Waals surface area contributed by atoms with E-state index in [4.69, 9.17) is 14.1 Å². The molecule has 0 atom stereocenters. The van der Waals surface area contributed by atoms with E-state index in [0.29, 0.717) is 43.5 Å². The second-order valence-electron chi connectivity index (χ2n) is 7.11. The zero-order valence-corrected chi connectivity index (χ0v) is 16.6. The number of methoxy groups -OCH3 is 1. The predicted molar refractivity (Wildman–Crippen MR) is 103 cm³/mol. The summed E-state index contributed by atoms with van der Waals surface area (Å²) in [5, 5.41) is 4.71. The Morgan fingerprint density at radius 3 is 2.37 bits per heavy atom. The van der Waals surface area contributed by atoms with Gasteiger partial charge in [-0.1, -0.05) is 5.16 Å². The van der Waals surface area contributed by atoms with Crippen LogP contribution in [-0.4, -0.2) is 71.2 Å². The first-order valence-corrected chi connectivity index (χ1v) is 9.68. The van der Waals surface area contributed by atoms with Crippen LogP contribution in [0.3, 0.4) is 0 Å². The molecule has 2 aromatic rings. The second-order valence-corrected chi connectivity index (χ2v) is 7.11. The highest BCUT2D eigenvalue weighted by molar-refractivity contribution is 6.01. The van der Waals surface area contributed by atoms with E-state index in [9.17, 15) is 14.4 Å². The summed E-state index contributed by atoms with van der Waals surface area (Å²) in [5.41, 5.74) is 1.71. The molecule has 0 aliphatic carbocycles. The van der Waals surface area contributed by atoms with Crippen LogP contribution in [0, 0.1) is 0 Å². The second kappa shape index (κ2) is 8.54. The third-order valence-electron chi connectivity index (χ3n) is 5.12. The number of hydrogen-bond donors (Lipinski definition) is 0. The van der Waals surface area contributed by atoms with E-state index >= 15 is 0 Å². The van der Waals surface area contributed by atoms with Crippen molar-refractivity contribution in [3.63, 3.8) is 0 Å². The molecular weight excluding hydrogens is 392 g/mol. The van der Waals surface area contributed by atoms with Crippen molar-refractivity contribution in [3.8, 4) is 17.1 Å². The van der Waals surface area contributed by atoms with Crippen LogP contribution in [0.2, 0.25) is 0 Å². The predicted octanol–water partition coefficient (Wildman–Crippen LogP) is 1.67. The van der Waals surface area contributed by atoms with Gasteiger partial charge in [-0.2, -0.15) is 0 Å². The molecule has 2 aliphatic rings. The fourth-order valence-electron chi connectivity index (χ4n) is 3.39. The minimum atomic E-state index is -0.679. The molecule has 10 heteroatoms. The standard InChI is InChI=1S/C20H22N4O6/c1-28-16-4-2-14(3-5-16)17-12-15(21-29-17)13-22-8-10-23(11-9-22)20(27)30-24-18(25)6-7-19(24)26/h2-5,12H,6-11,13H2,1H3. The van der Waals surface area contributed by atoms with Crippen molar-refractivity contribution in [2.45, 2.75) is 19.4 Å². The molecule has 1 aromatic carbocycles. The third-order valence-corrected chi connectivity index (χ3v) is 5.12. The maximum Gasteiger partial charge on any atom is 0.434 e. The Morgan fingerprint density at radius 1 is 1.07 bits per heavy atom. The van der Waals surface area contributed by atoms with Gasteiger partial charge in [0.05, 0.1) is 12.8 Å². The fraction of sp³-hybridized carbons (Fsp3) is 0.400. The van der Waals surface area contributed by atoms with Crippen molar-refractivity contribution in [2.75, 3.05) is 33.3 Å². The number of carbonyl (C=O) groups is 3. The maximum absolute atomic E-state index is 12.2. The van der Waals surface area contributed by atoms with Crippen molar-refractivity contribution >= 4 is 17.9 Å². The average Bonchev–Trinajstić information content (AvgIpc) is 3.36. The topological polar surface area (TPSA) is 105 Å². The quantitative estimate of drug-likeness (QED) is 0.681. The van der Waals surface area contributed by atoms with Gasteiger partial charge in [0.15, 0.2) is 5.76 Å². The molecule has 0 unspecified atom stereocenters. The Balaban J connectivity index is 1.27. The molecule has 0 radical (unpaired) electrons. The molecule has 2 saturated heterocycles. The van der Waals surface area contributed by atoms with Gasteiger partial charge in [-0.3, -0.25) is 14.5 Å². The van der Waals surface area contributed by atoms with Crippen LogP contribution < -0.4 is 4.74 Å². The summed E-state index contributed by atoms with van der Waals surface area (Å²) in [7, 11) is 1.62.